The fraction of sp³-hybridized carbons (Fsp3) is 0.111. The lowest BCUT2D eigenvalue weighted by atomic mass is 9.98. The molecule has 1 heterocycles. The highest BCUT2D eigenvalue weighted by Crippen LogP contribution is 2.25. The SMILES string of the molecule is COC(=O)c1ccccc1-c1cccc(Cn2cccn2)c1. The minimum absolute atomic E-state index is 0.326. The number of hydrogen-bond acceptors (Lipinski definition) is 3. The summed E-state index contributed by atoms with van der Waals surface area (Å²) in [5.41, 5.74) is 3.56. The van der Waals surface area contributed by atoms with Crippen LogP contribution in [0.15, 0.2) is 67.0 Å². The zero-order chi connectivity index (χ0) is 15.4. The molecule has 0 aliphatic rings. The van der Waals surface area contributed by atoms with Crippen molar-refractivity contribution in [3.8, 4) is 11.1 Å². The number of esters is 1. The van der Waals surface area contributed by atoms with Crippen LogP contribution >= 0.6 is 0 Å². The van der Waals surface area contributed by atoms with Crippen molar-refractivity contribution >= 4 is 5.97 Å². The Morgan fingerprint density at radius 3 is 2.77 bits per heavy atom. The number of aromatic nitrogens is 2. The topological polar surface area (TPSA) is 44.1 Å². The normalized spacial score (nSPS) is 10.4. The highest BCUT2D eigenvalue weighted by molar-refractivity contribution is 5.97. The lowest BCUT2D eigenvalue weighted by molar-refractivity contribution is 0.0601. The van der Waals surface area contributed by atoms with Crippen LogP contribution in [-0.4, -0.2) is 22.9 Å². The lowest BCUT2D eigenvalue weighted by Crippen LogP contribution is -2.04. The van der Waals surface area contributed by atoms with E-state index in [1.165, 1.54) is 7.11 Å². The van der Waals surface area contributed by atoms with Crippen molar-refractivity contribution in [3.05, 3.63) is 78.1 Å². The van der Waals surface area contributed by atoms with Gasteiger partial charge in [0.1, 0.15) is 0 Å². The first-order chi connectivity index (χ1) is 10.8. The first kappa shape index (κ1) is 14.1. The van der Waals surface area contributed by atoms with Gasteiger partial charge in [-0.05, 0) is 34.9 Å². The molecule has 110 valence electrons. The standard InChI is InChI=1S/C18H16N2O2/c1-22-18(21)17-9-3-2-8-16(17)15-7-4-6-14(12-15)13-20-11-5-10-19-20/h2-12H,13H2,1H3. The Kier molecular flexibility index (Phi) is 4.01. The van der Waals surface area contributed by atoms with E-state index in [9.17, 15) is 4.79 Å². The van der Waals surface area contributed by atoms with E-state index in [0.717, 1.165) is 16.7 Å². The number of carbonyl (C=O) groups excluding carboxylic acids is 1. The molecular formula is C18H16N2O2. The number of benzene rings is 2. The summed E-state index contributed by atoms with van der Waals surface area (Å²) in [7, 11) is 1.40. The third-order valence-corrected chi connectivity index (χ3v) is 3.47. The average Bonchev–Trinajstić information content (AvgIpc) is 3.07. The van der Waals surface area contributed by atoms with Gasteiger partial charge in [-0.25, -0.2) is 4.79 Å². The van der Waals surface area contributed by atoms with Crippen LogP contribution in [0.1, 0.15) is 15.9 Å². The number of rotatable bonds is 4. The van der Waals surface area contributed by atoms with E-state index in [1.54, 1.807) is 12.3 Å². The van der Waals surface area contributed by atoms with Gasteiger partial charge < -0.3 is 4.74 Å². The quantitative estimate of drug-likeness (QED) is 0.692. The van der Waals surface area contributed by atoms with Gasteiger partial charge >= 0.3 is 5.97 Å². The molecule has 0 saturated heterocycles. The number of methoxy groups -OCH3 is 1. The molecule has 0 atom stereocenters. The molecule has 3 aromatic rings. The second kappa shape index (κ2) is 6.26. The van der Waals surface area contributed by atoms with Crippen molar-refractivity contribution in [2.75, 3.05) is 7.11 Å². The Balaban J connectivity index is 1.97. The molecule has 4 heteroatoms. The number of carbonyl (C=O) groups is 1. The third-order valence-electron chi connectivity index (χ3n) is 3.47. The summed E-state index contributed by atoms with van der Waals surface area (Å²) in [6, 6.07) is 17.5. The van der Waals surface area contributed by atoms with Gasteiger partial charge in [-0.3, -0.25) is 4.68 Å². The Hall–Kier alpha value is -2.88. The molecule has 2 aromatic carbocycles. The van der Waals surface area contributed by atoms with Crippen molar-refractivity contribution in [1.82, 2.24) is 9.78 Å². The molecule has 0 amide bonds. The fourth-order valence-corrected chi connectivity index (χ4v) is 2.44. The zero-order valence-electron chi connectivity index (χ0n) is 12.3. The second-order valence-corrected chi connectivity index (χ2v) is 4.94. The van der Waals surface area contributed by atoms with E-state index in [0.29, 0.717) is 12.1 Å². The van der Waals surface area contributed by atoms with Crippen LogP contribution < -0.4 is 0 Å². The number of hydrogen-bond donors (Lipinski definition) is 0. The Morgan fingerprint density at radius 1 is 1.14 bits per heavy atom. The highest BCUT2D eigenvalue weighted by Gasteiger charge is 2.12. The van der Waals surface area contributed by atoms with Crippen LogP contribution in [0.4, 0.5) is 0 Å². The summed E-state index contributed by atoms with van der Waals surface area (Å²) in [5, 5.41) is 4.22. The van der Waals surface area contributed by atoms with E-state index in [1.807, 2.05) is 53.3 Å². The van der Waals surface area contributed by atoms with Crippen LogP contribution in [-0.2, 0) is 11.3 Å². The molecule has 4 nitrogen and oxygen atoms in total. The molecule has 0 fully saturated rings. The molecular weight excluding hydrogens is 276 g/mol. The maximum atomic E-state index is 11.9. The molecule has 0 spiro atoms. The highest BCUT2D eigenvalue weighted by atomic mass is 16.5. The molecule has 0 N–H and O–H groups in total. The van der Waals surface area contributed by atoms with Crippen molar-refractivity contribution in [3.63, 3.8) is 0 Å². The van der Waals surface area contributed by atoms with E-state index >= 15 is 0 Å². The number of ether oxygens (including phenoxy) is 1. The molecule has 0 unspecified atom stereocenters. The van der Waals surface area contributed by atoms with Gasteiger partial charge in [0.05, 0.1) is 19.2 Å². The van der Waals surface area contributed by atoms with Gasteiger partial charge in [0.25, 0.3) is 0 Å². The van der Waals surface area contributed by atoms with Gasteiger partial charge in [-0.2, -0.15) is 5.10 Å². The molecule has 0 aliphatic heterocycles. The van der Waals surface area contributed by atoms with Crippen LogP contribution in [0.2, 0.25) is 0 Å². The van der Waals surface area contributed by atoms with E-state index < -0.39 is 0 Å². The smallest absolute Gasteiger partial charge is 0.338 e. The molecule has 0 bridgehead atoms. The molecule has 1 aromatic heterocycles. The zero-order valence-corrected chi connectivity index (χ0v) is 12.3. The monoisotopic (exact) mass is 292 g/mol. The van der Waals surface area contributed by atoms with E-state index in [4.69, 9.17) is 4.74 Å². The maximum absolute atomic E-state index is 11.9. The van der Waals surface area contributed by atoms with Crippen molar-refractivity contribution in [1.29, 1.82) is 0 Å². The Bertz CT molecular complexity index is 779. The Morgan fingerprint density at radius 2 is 2.00 bits per heavy atom. The summed E-state index contributed by atoms with van der Waals surface area (Å²) >= 11 is 0. The summed E-state index contributed by atoms with van der Waals surface area (Å²) in [6.45, 7) is 0.696. The third kappa shape index (κ3) is 2.91. The van der Waals surface area contributed by atoms with Gasteiger partial charge in [-0.1, -0.05) is 36.4 Å². The molecule has 22 heavy (non-hydrogen) atoms. The summed E-state index contributed by atoms with van der Waals surface area (Å²) < 4.78 is 6.73. The van der Waals surface area contributed by atoms with Gasteiger partial charge in [0, 0.05) is 12.4 Å². The molecule has 3 rings (SSSR count). The van der Waals surface area contributed by atoms with Gasteiger partial charge in [-0.15, -0.1) is 0 Å². The average molecular weight is 292 g/mol. The minimum atomic E-state index is -0.326. The lowest BCUT2D eigenvalue weighted by Gasteiger charge is -2.10. The van der Waals surface area contributed by atoms with E-state index in [-0.39, 0.29) is 5.97 Å². The number of nitrogens with zero attached hydrogens (tertiary/aromatic N) is 2. The van der Waals surface area contributed by atoms with E-state index in [2.05, 4.69) is 11.2 Å². The predicted molar refractivity (Wildman–Crippen MR) is 84.5 cm³/mol. The van der Waals surface area contributed by atoms with Gasteiger partial charge in [0.2, 0.25) is 0 Å². The second-order valence-electron chi connectivity index (χ2n) is 4.94. The predicted octanol–water partition coefficient (Wildman–Crippen LogP) is 3.39. The van der Waals surface area contributed by atoms with Crippen molar-refractivity contribution in [2.45, 2.75) is 6.54 Å². The molecule has 0 aliphatic carbocycles. The minimum Gasteiger partial charge on any atom is -0.465 e. The van der Waals surface area contributed by atoms with Crippen LogP contribution in [0.25, 0.3) is 11.1 Å². The van der Waals surface area contributed by atoms with Crippen molar-refractivity contribution in [2.24, 2.45) is 0 Å². The molecule has 0 saturated carbocycles. The first-order valence-electron chi connectivity index (χ1n) is 7.02. The maximum Gasteiger partial charge on any atom is 0.338 e. The fourth-order valence-electron chi connectivity index (χ4n) is 2.44. The summed E-state index contributed by atoms with van der Waals surface area (Å²) in [4.78, 5) is 11.9. The van der Waals surface area contributed by atoms with Crippen molar-refractivity contribution < 1.29 is 9.53 Å². The molecule has 0 radical (unpaired) electrons. The summed E-state index contributed by atoms with van der Waals surface area (Å²) in [5.74, 6) is -0.326. The summed E-state index contributed by atoms with van der Waals surface area (Å²) in [6.07, 6.45) is 3.69. The largest absolute Gasteiger partial charge is 0.465 e. The van der Waals surface area contributed by atoms with Crippen LogP contribution in [0.3, 0.4) is 0 Å². The first-order valence-corrected chi connectivity index (χ1v) is 7.02. The Labute approximate surface area is 129 Å². The van der Waals surface area contributed by atoms with Crippen LogP contribution in [0, 0.1) is 0 Å². The van der Waals surface area contributed by atoms with Crippen LogP contribution in [0.5, 0.6) is 0 Å². The van der Waals surface area contributed by atoms with Gasteiger partial charge in [0.15, 0.2) is 0 Å².